The molecule has 0 aliphatic rings. The van der Waals surface area contributed by atoms with E-state index in [9.17, 15) is 4.91 Å². The summed E-state index contributed by atoms with van der Waals surface area (Å²) in [5, 5.41) is 2.90. The minimum atomic E-state index is 0.404. The number of rotatable bonds is 3. The third kappa shape index (κ3) is 2.67. The lowest BCUT2D eigenvalue weighted by atomic mass is 9.98. The van der Waals surface area contributed by atoms with E-state index >= 15 is 0 Å². The maximum absolute atomic E-state index is 10.5. The zero-order valence-corrected chi connectivity index (χ0v) is 11.9. The smallest absolute Gasteiger partial charge is 0.108 e. The average molecular weight is 289 g/mol. The van der Waals surface area contributed by atoms with Crippen LogP contribution in [0.15, 0.2) is 71.9 Å². The van der Waals surface area contributed by atoms with Crippen LogP contribution in [0.5, 0.6) is 0 Å². The molecule has 0 saturated heterocycles. The van der Waals surface area contributed by atoms with Crippen molar-refractivity contribution in [1.82, 2.24) is 0 Å². The van der Waals surface area contributed by atoms with Crippen molar-refractivity contribution >= 4 is 17.1 Å². The van der Waals surface area contributed by atoms with E-state index in [1.54, 1.807) is 12.1 Å². The summed E-state index contributed by atoms with van der Waals surface area (Å²) in [6.07, 6.45) is 0. The molecule has 0 bridgehead atoms. The van der Waals surface area contributed by atoms with Gasteiger partial charge in [0.25, 0.3) is 0 Å². The molecule has 3 aromatic rings. The number of hydrogen-bond donors (Lipinski definition) is 2. The van der Waals surface area contributed by atoms with Gasteiger partial charge in [-0.3, -0.25) is 0 Å². The largest absolute Gasteiger partial charge is 0.399 e. The van der Waals surface area contributed by atoms with Crippen LogP contribution in [-0.4, -0.2) is 0 Å². The zero-order valence-electron chi connectivity index (χ0n) is 11.9. The minimum Gasteiger partial charge on any atom is -0.399 e. The van der Waals surface area contributed by atoms with Gasteiger partial charge in [0.2, 0.25) is 0 Å². The maximum atomic E-state index is 10.5. The second-order valence-electron chi connectivity index (χ2n) is 5.06. The van der Waals surface area contributed by atoms with Gasteiger partial charge in [-0.25, -0.2) is 0 Å². The molecule has 0 aliphatic carbocycles. The molecule has 0 aromatic heterocycles. The molecule has 108 valence electrons. The molecular weight excluding hydrogens is 274 g/mol. The fraction of sp³-hybridized carbons (Fsp3) is 0. The van der Waals surface area contributed by atoms with Crippen LogP contribution in [-0.2, 0) is 0 Å². The second kappa shape index (κ2) is 5.69. The molecule has 4 N–H and O–H groups in total. The summed E-state index contributed by atoms with van der Waals surface area (Å²) in [7, 11) is 0. The lowest BCUT2D eigenvalue weighted by Gasteiger charge is -2.09. The predicted octanol–water partition coefficient (Wildman–Crippen LogP) is 4.58. The number of nitroso groups, excluding NO2 is 1. The molecule has 0 atom stereocenters. The fourth-order valence-electron chi connectivity index (χ4n) is 2.38. The first kappa shape index (κ1) is 13.8. The Balaban J connectivity index is 1.97. The SMILES string of the molecule is Nc1ccc(-c2ccc(-c3ccc(N=O)cc3)c(N)c2)cc1. The van der Waals surface area contributed by atoms with E-state index < -0.39 is 0 Å². The quantitative estimate of drug-likeness (QED) is 0.546. The topological polar surface area (TPSA) is 81.5 Å². The first-order chi connectivity index (χ1) is 10.7. The van der Waals surface area contributed by atoms with Gasteiger partial charge in [-0.15, -0.1) is 4.91 Å². The monoisotopic (exact) mass is 289 g/mol. The summed E-state index contributed by atoms with van der Waals surface area (Å²) in [5.41, 5.74) is 17.7. The van der Waals surface area contributed by atoms with E-state index in [4.69, 9.17) is 11.5 Å². The van der Waals surface area contributed by atoms with E-state index in [1.165, 1.54) is 0 Å². The lowest BCUT2D eigenvalue weighted by Crippen LogP contribution is -1.91. The zero-order chi connectivity index (χ0) is 15.5. The number of benzene rings is 3. The number of nitrogen functional groups attached to an aromatic ring is 2. The van der Waals surface area contributed by atoms with Crippen molar-refractivity contribution in [3.05, 3.63) is 71.6 Å². The van der Waals surface area contributed by atoms with E-state index in [0.717, 1.165) is 27.9 Å². The summed E-state index contributed by atoms with van der Waals surface area (Å²) in [4.78, 5) is 10.5. The predicted molar refractivity (Wildman–Crippen MR) is 91.6 cm³/mol. The van der Waals surface area contributed by atoms with Crippen LogP contribution in [0, 0.1) is 4.91 Å². The Bertz CT molecular complexity index is 809. The van der Waals surface area contributed by atoms with Crippen molar-refractivity contribution < 1.29 is 0 Å². The summed E-state index contributed by atoms with van der Waals surface area (Å²) >= 11 is 0. The fourth-order valence-corrected chi connectivity index (χ4v) is 2.38. The van der Waals surface area contributed by atoms with Gasteiger partial charge in [-0.2, -0.15) is 0 Å². The first-order valence-electron chi connectivity index (χ1n) is 6.86. The van der Waals surface area contributed by atoms with Crippen molar-refractivity contribution in [2.45, 2.75) is 0 Å². The number of nitrogens with two attached hydrogens (primary N) is 2. The molecule has 0 radical (unpaired) electrons. The summed E-state index contributed by atoms with van der Waals surface area (Å²) < 4.78 is 0. The number of nitrogens with zero attached hydrogens (tertiary/aromatic N) is 1. The molecular formula is C18H15N3O. The molecule has 22 heavy (non-hydrogen) atoms. The minimum absolute atomic E-state index is 0.404. The lowest BCUT2D eigenvalue weighted by molar-refractivity contribution is 1.49. The molecule has 3 rings (SSSR count). The standard InChI is InChI=1S/C18H15N3O/c19-15-6-1-12(2-7-15)14-5-10-17(18(20)11-14)13-3-8-16(21-22)9-4-13/h1-11H,19-20H2. The highest BCUT2D eigenvalue weighted by Crippen LogP contribution is 2.31. The van der Waals surface area contributed by atoms with Crippen LogP contribution >= 0.6 is 0 Å². The Morgan fingerprint density at radius 1 is 0.682 bits per heavy atom. The molecule has 0 heterocycles. The van der Waals surface area contributed by atoms with Crippen molar-refractivity contribution in [3.8, 4) is 22.3 Å². The van der Waals surface area contributed by atoms with E-state index in [2.05, 4.69) is 5.18 Å². The molecule has 3 aromatic carbocycles. The molecule has 0 aliphatic heterocycles. The highest BCUT2D eigenvalue weighted by atomic mass is 16.3. The van der Waals surface area contributed by atoms with Crippen LogP contribution in [0.2, 0.25) is 0 Å². The van der Waals surface area contributed by atoms with Crippen LogP contribution in [0.4, 0.5) is 17.1 Å². The molecule has 0 fully saturated rings. The van der Waals surface area contributed by atoms with Gasteiger partial charge in [-0.1, -0.05) is 36.4 Å². The van der Waals surface area contributed by atoms with Crippen molar-refractivity contribution in [2.24, 2.45) is 5.18 Å². The van der Waals surface area contributed by atoms with Gasteiger partial charge in [0, 0.05) is 16.9 Å². The van der Waals surface area contributed by atoms with E-state index in [1.807, 2.05) is 54.6 Å². The summed E-state index contributed by atoms with van der Waals surface area (Å²) in [5.74, 6) is 0. The molecule has 0 unspecified atom stereocenters. The average Bonchev–Trinajstić information content (AvgIpc) is 2.56. The Morgan fingerprint density at radius 2 is 1.27 bits per heavy atom. The van der Waals surface area contributed by atoms with E-state index in [-0.39, 0.29) is 0 Å². The van der Waals surface area contributed by atoms with Crippen molar-refractivity contribution in [3.63, 3.8) is 0 Å². The summed E-state index contributed by atoms with van der Waals surface area (Å²) in [6.45, 7) is 0. The normalized spacial score (nSPS) is 10.4. The summed E-state index contributed by atoms with van der Waals surface area (Å²) in [6, 6.07) is 20.6. The van der Waals surface area contributed by atoms with Crippen LogP contribution < -0.4 is 11.5 Å². The maximum Gasteiger partial charge on any atom is 0.108 e. The third-order valence-electron chi connectivity index (χ3n) is 3.58. The van der Waals surface area contributed by atoms with Gasteiger partial charge in [-0.05, 0) is 52.2 Å². The van der Waals surface area contributed by atoms with Crippen LogP contribution in [0.1, 0.15) is 0 Å². The van der Waals surface area contributed by atoms with Gasteiger partial charge < -0.3 is 11.5 Å². The Hall–Kier alpha value is -3.14. The third-order valence-corrected chi connectivity index (χ3v) is 3.58. The number of hydrogen-bond acceptors (Lipinski definition) is 4. The van der Waals surface area contributed by atoms with Gasteiger partial charge in [0.1, 0.15) is 5.69 Å². The van der Waals surface area contributed by atoms with E-state index in [0.29, 0.717) is 11.4 Å². The highest BCUT2D eigenvalue weighted by molar-refractivity contribution is 5.81. The van der Waals surface area contributed by atoms with Gasteiger partial charge in [0.15, 0.2) is 0 Å². The van der Waals surface area contributed by atoms with Crippen molar-refractivity contribution in [2.75, 3.05) is 11.5 Å². The molecule has 0 amide bonds. The second-order valence-corrected chi connectivity index (χ2v) is 5.06. The molecule has 4 nitrogen and oxygen atoms in total. The Kier molecular flexibility index (Phi) is 3.58. The van der Waals surface area contributed by atoms with Gasteiger partial charge in [0.05, 0.1) is 0 Å². The van der Waals surface area contributed by atoms with Crippen LogP contribution in [0.25, 0.3) is 22.3 Å². The number of anilines is 2. The highest BCUT2D eigenvalue weighted by Gasteiger charge is 2.05. The van der Waals surface area contributed by atoms with Crippen LogP contribution in [0.3, 0.4) is 0 Å². The Morgan fingerprint density at radius 3 is 1.86 bits per heavy atom. The first-order valence-corrected chi connectivity index (χ1v) is 6.86. The molecule has 0 spiro atoms. The van der Waals surface area contributed by atoms with Gasteiger partial charge >= 0.3 is 0 Å². The van der Waals surface area contributed by atoms with Crippen molar-refractivity contribution in [1.29, 1.82) is 0 Å². The molecule has 0 saturated carbocycles. The molecule has 4 heteroatoms. The Labute approximate surface area is 128 Å².